The Morgan fingerprint density at radius 2 is 1.93 bits per heavy atom. The second kappa shape index (κ2) is 10.2. The molecule has 0 amide bonds. The Labute approximate surface area is 171 Å². The van der Waals surface area contributed by atoms with Gasteiger partial charge in [-0.1, -0.05) is 24.5 Å². The number of methoxy groups -OCH3 is 1. The first-order valence-electron chi connectivity index (χ1n) is 10.1. The summed E-state index contributed by atoms with van der Waals surface area (Å²) in [4.78, 5) is 13.8. The first-order valence-corrected chi connectivity index (χ1v) is 11.4. The monoisotopic (exact) mass is 406 g/mol. The number of hydrogen-bond donors (Lipinski definition) is 2. The second-order valence-electron chi connectivity index (χ2n) is 7.35. The summed E-state index contributed by atoms with van der Waals surface area (Å²) in [6.07, 6.45) is 15.3. The molecule has 3 rings (SSSR count). The molecule has 0 spiro atoms. The predicted molar refractivity (Wildman–Crippen MR) is 117 cm³/mol. The van der Waals surface area contributed by atoms with Crippen molar-refractivity contribution < 1.29 is 9.53 Å². The molecule has 2 aliphatic rings. The molecule has 0 saturated carbocycles. The molecule has 6 heteroatoms. The SMILES string of the molecule is COC(=O)c1c(NC(=S)NCCC2=CCCCC2)sc2c1CCCCCC2. The Morgan fingerprint density at radius 1 is 1.15 bits per heavy atom. The zero-order valence-corrected chi connectivity index (χ0v) is 17.8. The fraction of sp³-hybridized carbons (Fsp3) is 0.619. The number of carbonyl (C=O) groups excluding carboxylic acids is 1. The summed E-state index contributed by atoms with van der Waals surface area (Å²) < 4.78 is 5.07. The number of aryl methyl sites for hydroxylation is 1. The summed E-state index contributed by atoms with van der Waals surface area (Å²) in [5.41, 5.74) is 3.40. The van der Waals surface area contributed by atoms with Crippen LogP contribution in [-0.4, -0.2) is 24.7 Å². The summed E-state index contributed by atoms with van der Waals surface area (Å²) in [5, 5.41) is 8.01. The number of anilines is 1. The minimum Gasteiger partial charge on any atom is -0.465 e. The maximum atomic E-state index is 12.4. The number of fused-ring (bicyclic) bond motifs is 1. The first-order chi connectivity index (χ1) is 13.2. The van der Waals surface area contributed by atoms with E-state index in [9.17, 15) is 4.79 Å². The van der Waals surface area contributed by atoms with Crippen molar-refractivity contribution in [1.82, 2.24) is 5.32 Å². The topological polar surface area (TPSA) is 50.4 Å². The smallest absolute Gasteiger partial charge is 0.341 e. The maximum Gasteiger partial charge on any atom is 0.341 e. The van der Waals surface area contributed by atoms with Gasteiger partial charge in [0.15, 0.2) is 5.11 Å². The number of thiophene rings is 1. The highest BCUT2D eigenvalue weighted by molar-refractivity contribution is 7.80. The van der Waals surface area contributed by atoms with E-state index in [0.29, 0.717) is 10.7 Å². The van der Waals surface area contributed by atoms with E-state index in [0.717, 1.165) is 37.2 Å². The van der Waals surface area contributed by atoms with Gasteiger partial charge in [-0.25, -0.2) is 4.79 Å². The van der Waals surface area contributed by atoms with Crippen molar-refractivity contribution >= 4 is 39.6 Å². The van der Waals surface area contributed by atoms with Crippen LogP contribution in [0.15, 0.2) is 11.6 Å². The summed E-state index contributed by atoms with van der Waals surface area (Å²) in [7, 11) is 1.45. The Balaban J connectivity index is 1.65. The molecule has 0 fully saturated rings. The van der Waals surface area contributed by atoms with Crippen LogP contribution in [0.1, 0.15) is 78.6 Å². The van der Waals surface area contributed by atoms with Gasteiger partial charge in [-0.3, -0.25) is 0 Å². The highest BCUT2D eigenvalue weighted by Crippen LogP contribution is 2.37. The Morgan fingerprint density at radius 3 is 2.67 bits per heavy atom. The average molecular weight is 407 g/mol. The van der Waals surface area contributed by atoms with Crippen LogP contribution >= 0.6 is 23.6 Å². The number of esters is 1. The average Bonchev–Trinajstić information content (AvgIpc) is 2.98. The molecule has 0 atom stereocenters. The van der Waals surface area contributed by atoms with Crippen LogP contribution in [-0.2, 0) is 17.6 Å². The lowest BCUT2D eigenvalue weighted by Crippen LogP contribution is -2.29. The van der Waals surface area contributed by atoms with Crippen molar-refractivity contribution in [2.75, 3.05) is 19.0 Å². The van der Waals surface area contributed by atoms with Gasteiger partial charge in [0.1, 0.15) is 5.00 Å². The minimum absolute atomic E-state index is 0.259. The van der Waals surface area contributed by atoms with Crippen molar-refractivity contribution in [3.05, 3.63) is 27.7 Å². The third kappa shape index (κ3) is 5.55. The van der Waals surface area contributed by atoms with Crippen LogP contribution in [0.5, 0.6) is 0 Å². The standard InChI is InChI=1S/C21H30N2O2S2/c1-25-20(24)18-16-11-7-2-3-8-12-17(16)27-19(18)23-21(26)22-14-13-15-9-5-4-6-10-15/h9H,2-8,10-14H2,1H3,(H2,22,23,26). The molecule has 2 N–H and O–H groups in total. The van der Waals surface area contributed by atoms with Gasteiger partial charge in [-0.2, -0.15) is 0 Å². The lowest BCUT2D eigenvalue weighted by atomic mass is 9.96. The van der Waals surface area contributed by atoms with Crippen LogP contribution in [0.3, 0.4) is 0 Å². The van der Waals surface area contributed by atoms with Gasteiger partial charge in [0, 0.05) is 11.4 Å². The summed E-state index contributed by atoms with van der Waals surface area (Å²) in [6.45, 7) is 0.830. The van der Waals surface area contributed by atoms with Crippen LogP contribution in [0, 0.1) is 0 Å². The molecule has 0 aromatic carbocycles. The molecule has 148 valence electrons. The number of rotatable bonds is 5. The van der Waals surface area contributed by atoms with E-state index in [4.69, 9.17) is 17.0 Å². The largest absolute Gasteiger partial charge is 0.465 e. The summed E-state index contributed by atoms with van der Waals surface area (Å²) in [5.74, 6) is -0.259. The summed E-state index contributed by atoms with van der Waals surface area (Å²) in [6, 6.07) is 0. The van der Waals surface area contributed by atoms with E-state index in [1.165, 1.54) is 68.1 Å². The molecule has 2 aliphatic carbocycles. The number of hydrogen-bond acceptors (Lipinski definition) is 4. The molecule has 1 heterocycles. The zero-order valence-electron chi connectivity index (χ0n) is 16.2. The normalized spacial score (nSPS) is 17.1. The van der Waals surface area contributed by atoms with Crippen LogP contribution in [0.25, 0.3) is 0 Å². The molecule has 0 aliphatic heterocycles. The highest BCUT2D eigenvalue weighted by Gasteiger charge is 2.25. The van der Waals surface area contributed by atoms with Gasteiger partial charge >= 0.3 is 5.97 Å². The van der Waals surface area contributed by atoms with Gasteiger partial charge in [0.2, 0.25) is 0 Å². The lowest BCUT2D eigenvalue weighted by Gasteiger charge is -2.14. The molecule has 0 radical (unpaired) electrons. The second-order valence-corrected chi connectivity index (χ2v) is 8.87. The van der Waals surface area contributed by atoms with Gasteiger partial charge in [0.25, 0.3) is 0 Å². The molecule has 1 aromatic heterocycles. The Kier molecular flexibility index (Phi) is 7.70. The van der Waals surface area contributed by atoms with Crippen LogP contribution in [0.2, 0.25) is 0 Å². The van der Waals surface area contributed by atoms with Gasteiger partial charge in [-0.05, 0) is 75.6 Å². The molecular formula is C21H30N2O2S2. The molecule has 1 aromatic rings. The molecule has 0 saturated heterocycles. The first kappa shape index (κ1) is 20.3. The van der Waals surface area contributed by atoms with E-state index in [1.54, 1.807) is 11.3 Å². The highest BCUT2D eigenvalue weighted by atomic mass is 32.1. The Bertz CT molecular complexity index is 709. The van der Waals surface area contributed by atoms with E-state index < -0.39 is 0 Å². The van der Waals surface area contributed by atoms with Gasteiger partial charge in [-0.15, -0.1) is 11.3 Å². The van der Waals surface area contributed by atoms with Crippen LogP contribution in [0.4, 0.5) is 5.00 Å². The zero-order chi connectivity index (χ0) is 19.1. The molecule has 0 unspecified atom stereocenters. The van der Waals surface area contributed by atoms with Crippen molar-refractivity contribution in [3.63, 3.8) is 0 Å². The number of nitrogens with one attached hydrogen (secondary N) is 2. The number of thiocarbonyl (C=S) groups is 1. The molecule has 4 nitrogen and oxygen atoms in total. The molecule has 27 heavy (non-hydrogen) atoms. The molecule has 0 bridgehead atoms. The third-order valence-corrected chi connectivity index (χ3v) is 6.86. The number of allylic oxidation sites excluding steroid dienone is 1. The van der Waals surface area contributed by atoms with E-state index in [1.807, 2.05) is 0 Å². The van der Waals surface area contributed by atoms with Crippen molar-refractivity contribution in [2.24, 2.45) is 0 Å². The van der Waals surface area contributed by atoms with Crippen molar-refractivity contribution in [1.29, 1.82) is 0 Å². The van der Waals surface area contributed by atoms with Gasteiger partial charge < -0.3 is 15.4 Å². The fourth-order valence-electron chi connectivity index (χ4n) is 3.94. The van der Waals surface area contributed by atoms with Gasteiger partial charge in [0.05, 0.1) is 12.7 Å². The quantitative estimate of drug-likeness (QED) is 0.391. The minimum atomic E-state index is -0.259. The van der Waals surface area contributed by atoms with E-state index >= 15 is 0 Å². The third-order valence-electron chi connectivity index (χ3n) is 5.40. The lowest BCUT2D eigenvalue weighted by molar-refractivity contribution is 0.0601. The Hall–Kier alpha value is -1.40. The predicted octanol–water partition coefficient (Wildman–Crippen LogP) is 5.37. The van der Waals surface area contributed by atoms with E-state index in [-0.39, 0.29) is 5.97 Å². The summed E-state index contributed by atoms with van der Waals surface area (Å²) >= 11 is 7.16. The van der Waals surface area contributed by atoms with Crippen molar-refractivity contribution in [3.8, 4) is 0 Å². The number of ether oxygens (including phenoxy) is 1. The number of carbonyl (C=O) groups is 1. The fourth-order valence-corrected chi connectivity index (χ4v) is 5.49. The van der Waals surface area contributed by atoms with Crippen LogP contribution < -0.4 is 10.6 Å². The molecular weight excluding hydrogens is 376 g/mol. The van der Waals surface area contributed by atoms with Crippen molar-refractivity contribution in [2.45, 2.75) is 70.6 Å². The maximum absolute atomic E-state index is 12.4. The van der Waals surface area contributed by atoms with E-state index in [2.05, 4.69) is 16.7 Å².